The highest BCUT2D eigenvalue weighted by Gasteiger charge is 2.45. The number of hydrazine groups is 1. The summed E-state index contributed by atoms with van der Waals surface area (Å²) in [5, 5.41) is 4.53. The fourth-order valence-corrected chi connectivity index (χ4v) is 6.03. The Morgan fingerprint density at radius 3 is 2.28 bits per heavy atom. The lowest BCUT2D eigenvalue weighted by Gasteiger charge is -2.28. The van der Waals surface area contributed by atoms with Gasteiger partial charge in [0.2, 0.25) is 0 Å². The Labute approximate surface area is 150 Å². The monoisotopic (exact) mass is 340 g/mol. The number of hydrogen-bond acceptors (Lipinski definition) is 3. The molecule has 25 heavy (non-hydrogen) atoms. The Bertz CT molecular complexity index is 1160. The van der Waals surface area contributed by atoms with Crippen molar-refractivity contribution in [3.8, 4) is 0 Å². The molecule has 0 aromatic heterocycles. The molecule has 2 N–H and O–H groups in total. The largest absolute Gasteiger partial charge is 0.282 e. The second kappa shape index (κ2) is 4.78. The smallest absolute Gasteiger partial charge is 0.0611 e. The molecule has 0 radical (unpaired) electrons. The van der Waals surface area contributed by atoms with Gasteiger partial charge in [0.15, 0.2) is 0 Å². The third-order valence-electron chi connectivity index (χ3n) is 5.64. The van der Waals surface area contributed by atoms with Gasteiger partial charge in [-0.2, -0.15) is 0 Å². The Morgan fingerprint density at radius 2 is 1.40 bits per heavy atom. The SMILES string of the molecule is NN1C2=c3ccccc3=C3Sc4ccccc4C3C2c2ccccc21. The zero-order valence-electron chi connectivity index (χ0n) is 13.5. The molecule has 0 spiro atoms. The van der Waals surface area contributed by atoms with E-state index in [0.717, 1.165) is 5.69 Å². The van der Waals surface area contributed by atoms with E-state index < -0.39 is 0 Å². The van der Waals surface area contributed by atoms with E-state index in [-0.39, 0.29) is 0 Å². The number of hydrogen-bond donors (Lipinski definition) is 1. The Balaban J connectivity index is 1.78. The topological polar surface area (TPSA) is 29.3 Å². The first-order valence-corrected chi connectivity index (χ1v) is 9.40. The number of benzene rings is 3. The summed E-state index contributed by atoms with van der Waals surface area (Å²) in [4.78, 5) is 2.85. The van der Waals surface area contributed by atoms with E-state index in [1.54, 1.807) is 0 Å². The molecule has 6 rings (SSSR count). The molecule has 0 saturated heterocycles. The van der Waals surface area contributed by atoms with Gasteiger partial charge in [-0.3, -0.25) is 5.01 Å². The van der Waals surface area contributed by atoms with Crippen molar-refractivity contribution in [3.05, 3.63) is 94.4 Å². The van der Waals surface area contributed by atoms with Crippen LogP contribution in [-0.4, -0.2) is 0 Å². The van der Waals surface area contributed by atoms with Crippen LogP contribution in [0.2, 0.25) is 0 Å². The molecule has 3 aliphatic rings. The number of anilines is 1. The lowest BCUT2D eigenvalue weighted by atomic mass is 9.77. The average molecular weight is 340 g/mol. The van der Waals surface area contributed by atoms with Crippen LogP contribution < -0.4 is 21.3 Å². The Hall–Kier alpha value is -2.49. The molecule has 2 heterocycles. The van der Waals surface area contributed by atoms with E-state index in [9.17, 15) is 0 Å². The molecule has 2 aliphatic heterocycles. The number of nitrogens with two attached hydrogens (primary N) is 1. The van der Waals surface area contributed by atoms with Crippen LogP contribution in [0.3, 0.4) is 0 Å². The number of nitrogens with zero attached hydrogens (tertiary/aromatic N) is 1. The summed E-state index contributed by atoms with van der Waals surface area (Å²) < 4.78 is 0. The van der Waals surface area contributed by atoms with Crippen LogP contribution in [0, 0.1) is 0 Å². The molecule has 1 aliphatic carbocycles. The van der Waals surface area contributed by atoms with Crippen molar-refractivity contribution in [1.82, 2.24) is 0 Å². The third kappa shape index (κ3) is 1.65. The third-order valence-corrected chi connectivity index (χ3v) is 6.93. The van der Waals surface area contributed by atoms with Gasteiger partial charge in [-0.05, 0) is 28.5 Å². The van der Waals surface area contributed by atoms with Crippen molar-refractivity contribution in [2.24, 2.45) is 5.84 Å². The molecule has 0 fully saturated rings. The summed E-state index contributed by atoms with van der Waals surface area (Å²) in [7, 11) is 0. The normalized spacial score (nSPS) is 22.2. The van der Waals surface area contributed by atoms with Gasteiger partial charge in [-0.25, -0.2) is 5.84 Å². The van der Waals surface area contributed by atoms with Gasteiger partial charge in [0.05, 0.1) is 11.4 Å². The molecule has 0 amide bonds. The maximum atomic E-state index is 6.60. The van der Waals surface area contributed by atoms with Gasteiger partial charge in [-0.1, -0.05) is 72.4 Å². The molecular weight excluding hydrogens is 324 g/mol. The minimum atomic E-state index is 0.294. The zero-order chi connectivity index (χ0) is 16.5. The van der Waals surface area contributed by atoms with Crippen LogP contribution >= 0.6 is 11.8 Å². The Kier molecular flexibility index (Phi) is 2.63. The van der Waals surface area contributed by atoms with Crippen LogP contribution in [0.5, 0.6) is 0 Å². The fourth-order valence-electron chi connectivity index (χ4n) is 4.66. The lowest BCUT2D eigenvalue weighted by Crippen LogP contribution is -2.42. The number of fused-ring (bicyclic) bond motifs is 8. The highest BCUT2D eigenvalue weighted by atomic mass is 32.2. The maximum Gasteiger partial charge on any atom is 0.0611 e. The van der Waals surface area contributed by atoms with E-state index in [2.05, 4.69) is 72.8 Å². The van der Waals surface area contributed by atoms with Gasteiger partial charge in [0, 0.05) is 26.9 Å². The van der Waals surface area contributed by atoms with Crippen molar-refractivity contribution in [2.75, 3.05) is 5.01 Å². The van der Waals surface area contributed by atoms with Crippen molar-refractivity contribution in [3.63, 3.8) is 0 Å². The van der Waals surface area contributed by atoms with Gasteiger partial charge in [0.1, 0.15) is 0 Å². The molecule has 120 valence electrons. The summed E-state index contributed by atoms with van der Waals surface area (Å²) in [6.07, 6.45) is 0. The predicted molar refractivity (Wildman–Crippen MR) is 103 cm³/mol. The summed E-state index contributed by atoms with van der Waals surface area (Å²) in [6.45, 7) is 0. The standard InChI is InChI=1S/C22H16N2S/c23-24-17-11-5-3-9-15(17)19-20-16-10-4-6-12-18(16)25-22(20)14-8-2-1-7-13(14)21(19)24/h1-12,19-20H,23H2. The van der Waals surface area contributed by atoms with Crippen LogP contribution in [0.15, 0.2) is 77.7 Å². The van der Waals surface area contributed by atoms with E-state index in [1.165, 1.54) is 37.1 Å². The lowest BCUT2D eigenvalue weighted by molar-refractivity contribution is 0.767. The van der Waals surface area contributed by atoms with E-state index in [1.807, 2.05) is 16.8 Å². The van der Waals surface area contributed by atoms with Gasteiger partial charge >= 0.3 is 0 Å². The average Bonchev–Trinajstić information content (AvgIpc) is 3.19. The predicted octanol–water partition coefficient (Wildman–Crippen LogP) is 3.28. The molecular formula is C22H16N2S. The highest BCUT2D eigenvalue weighted by Crippen LogP contribution is 2.60. The van der Waals surface area contributed by atoms with Crippen LogP contribution in [0.1, 0.15) is 23.0 Å². The summed E-state index contributed by atoms with van der Waals surface area (Å²) in [5.74, 6) is 7.25. The number of thioether (sulfide) groups is 1. The maximum absolute atomic E-state index is 6.60. The van der Waals surface area contributed by atoms with Crippen molar-refractivity contribution in [2.45, 2.75) is 16.7 Å². The van der Waals surface area contributed by atoms with Crippen molar-refractivity contribution >= 4 is 28.1 Å². The van der Waals surface area contributed by atoms with E-state index in [4.69, 9.17) is 5.84 Å². The zero-order valence-corrected chi connectivity index (χ0v) is 14.3. The first-order chi connectivity index (χ1) is 12.3. The second-order valence-corrected chi connectivity index (χ2v) is 7.90. The number of para-hydroxylation sites is 1. The summed E-state index contributed by atoms with van der Waals surface area (Å²) in [5.41, 5.74) is 5.15. The van der Waals surface area contributed by atoms with E-state index >= 15 is 0 Å². The minimum absolute atomic E-state index is 0.294. The molecule has 3 aromatic rings. The van der Waals surface area contributed by atoms with Crippen molar-refractivity contribution in [1.29, 1.82) is 0 Å². The first kappa shape index (κ1) is 13.8. The van der Waals surface area contributed by atoms with Gasteiger partial charge < -0.3 is 0 Å². The molecule has 2 unspecified atom stereocenters. The van der Waals surface area contributed by atoms with Crippen LogP contribution in [0.4, 0.5) is 5.69 Å². The number of rotatable bonds is 0. The molecule has 3 heteroatoms. The fraction of sp³-hybridized carbons (Fsp3) is 0.0909. The molecule has 2 atom stereocenters. The molecule has 3 aromatic carbocycles. The summed E-state index contributed by atoms with van der Waals surface area (Å²) in [6, 6.07) is 26.1. The highest BCUT2D eigenvalue weighted by molar-refractivity contribution is 8.08. The van der Waals surface area contributed by atoms with Gasteiger partial charge in [-0.15, -0.1) is 0 Å². The summed E-state index contributed by atoms with van der Waals surface area (Å²) >= 11 is 1.93. The molecule has 2 nitrogen and oxygen atoms in total. The molecule has 0 saturated carbocycles. The van der Waals surface area contributed by atoms with Gasteiger partial charge in [0.25, 0.3) is 0 Å². The Morgan fingerprint density at radius 1 is 0.720 bits per heavy atom. The second-order valence-electron chi connectivity index (χ2n) is 6.82. The van der Waals surface area contributed by atoms with Crippen molar-refractivity contribution < 1.29 is 0 Å². The van der Waals surface area contributed by atoms with E-state index in [0.29, 0.717) is 11.8 Å². The van der Waals surface area contributed by atoms with Crippen LogP contribution in [-0.2, 0) is 0 Å². The van der Waals surface area contributed by atoms with Crippen LogP contribution in [0.25, 0.3) is 10.6 Å². The molecule has 0 bridgehead atoms. The quantitative estimate of drug-likeness (QED) is 0.637. The minimum Gasteiger partial charge on any atom is -0.282 e. The first-order valence-electron chi connectivity index (χ1n) is 8.58.